The van der Waals surface area contributed by atoms with E-state index in [0.29, 0.717) is 12.3 Å². The molecule has 0 fully saturated rings. The fourth-order valence-corrected chi connectivity index (χ4v) is 2.66. The Kier molecular flexibility index (Phi) is 3.80. The van der Waals surface area contributed by atoms with E-state index in [9.17, 15) is 0 Å². The molecule has 21 heavy (non-hydrogen) atoms. The van der Waals surface area contributed by atoms with Crippen molar-refractivity contribution in [3.8, 4) is 5.75 Å². The Labute approximate surface area is 131 Å². The maximum absolute atomic E-state index is 5.91. The van der Waals surface area contributed by atoms with Gasteiger partial charge in [0.2, 0.25) is 0 Å². The summed E-state index contributed by atoms with van der Waals surface area (Å²) in [5.74, 6) is 0.744. The lowest BCUT2D eigenvalue weighted by atomic mass is 10.1. The van der Waals surface area contributed by atoms with Crippen molar-refractivity contribution in [2.24, 2.45) is 0 Å². The zero-order valence-corrected chi connectivity index (χ0v) is 13.2. The lowest BCUT2D eigenvalue weighted by molar-refractivity contribution is 0.306. The molecule has 0 saturated heterocycles. The minimum Gasteiger partial charge on any atom is -0.488 e. The molecule has 2 N–H and O–H groups in total. The van der Waals surface area contributed by atoms with E-state index in [0.717, 1.165) is 32.4 Å². The largest absolute Gasteiger partial charge is 0.488 e. The summed E-state index contributed by atoms with van der Waals surface area (Å²) in [5, 5.41) is 1.11. The Balaban J connectivity index is 1.93. The maximum atomic E-state index is 5.91. The van der Waals surface area contributed by atoms with Crippen LogP contribution in [-0.4, -0.2) is 4.98 Å². The normalized spacial score (nSPS) is 10.8. The second-order valence-electron chi connectivity index (χ2n) is 4.92. The summed E-state index contributed by atoms with van der Waals surface area (Å²) in [6.45, 7) is 2.47. The summed E-state index contributed by atoms with van der Waals surface area (Å²) in [4.78, 5) is 4.54. The van der Waals surface area contributed by atoms with Crippen molar-refractivity contribution in [2.45, 2.75) is 13.5 Å². The molecule has 1 heterocycles. The van der Waals surface area contributed by atoms with Crippen LogP contribution in [0.3, 0.4) is 0 Å². The van der Waals surface area contributed by atoms with E-state index < -0.39 is 0 Å². The Bertz CT molecular complexity index is 802. The number of pyridine rings is 1. The Morgan fingerprint density at radius 3 is 2.81 bits per heavy atom. The van der Waals surface area contributed by atoms with Crippen LogP contribution < -0.4 is 10.5 Å². The van der Waals surface area contributed by atoms with Crippen molar-refractivity contribution in [1.29, 1.82) is 0 Å². The third-order valence-electron chi connectivity index (χ3n) is 3.27. The van der Waals surface area contributed by atoms with Crippen molar-refractivity contribution in [3.63, 3.8) is 0 Å². The second-order valence-corrected chi connectivity index (χ2v) is 5.77. The lowest BCUT2D eigenvalue weighted by Crippen LogP contribution is -2.00. The van der Waals surface area contributed by atoms with Gasteiger partial charge >= 0.3 is 0 Å². The standard InChI is InChI=1S/C17H15BrN2O/c1-11-8-12(14-4-2-3-5-16(14)20-11)10-21-17-9-13(19)6-7-15(17)18/h2-9H,10,19H2,1H3. The van der Waals surface area contributed by atoms with E-state index in [2.05, 4.69) is 33.0 Å². The topological polar surface area (TPSA) is 48.1 Å². The van der Waals surface area contributed by atoms with Gasteiger partial charge in [0.1, 0.15) is 12.4 Å². The first-order valence-electron chi connectivity index (χ1n) is 6.66. The van der Waals surface area contributed by atoms with Crippen molar-refractivity contribution in [3.05, 3.63) is 64.3 Å². The zero-order valence-electron chi connectivity index (χ0n) is 11.6. The van der Waals surface area contributed by atoms with Crippen LogP contribution in [-0.2, 0) is 6.61 Å². The number of anilines is 1. The molecule has 0 bridgehead atoms. The molecule has 2 aromatic carbocycles. The van der Waals surface area contributed by atoms with Crippen LogP contribution in [0.2, 0.25) is 0 Å². The number of rotatable bonds is 3. The van der Waals surface area contributed by atoms with E-state index >= 15 is 0 Å². The van der Waals surface area contributed by atoms with Crippen molar-refractivity contribution < 1.29 is 4.74 Å². The molecule has 0 amide bonds. The summed E-state index contributed by atoms with van der Waals surface area (Å²) >= 11 is 3.48. The lowest BCUT2D eigenvalue weighted by Gasteiger charge is -2.11. The molecule has 0 aliphatic carbocycles. The number of para-hydroxylation sites is 1. The van der Waals surface area contributed by atoms with Gasteiger partial charge in [0.25, 0.3) is 0 Å². The van der Waals surface area contributed by atoms with Gasteiger partial charge in [-0.15, -0.1) is 0 Å². The fraction of sp³-hybridized carbons (Fsp3) is 0.118. The summed E-state index contributed by atoms with van der Waals surface area (Å²) in [6, 6.07) is 15.7. The van der Waals surface area contributed by atoms with E-state index in [1.165, 1.54) is 0 Å². The maximum Gasteiger partial charge on any atom is 0.136 e. The van der Waals surface area contributed by atoms with Gasteiger partial charge in [-0.2, -0.15) is 0 Å². The number of aromatic nitrogens is 1. The smallest absolute Gasteiger partial charge is 0.136 e. The number of benzene rings is 2. The number of hydrogen-bond acceptors (Lipinski definition) is 3. The average Bonchev–Trinajstić information content (AvgIpc) is 2.47. The highest BCUT2D eigenvalue weighted by atomic mass is 79.9. The molecule has 1 aromatic heterocycles. The van der Waals surface area contributed by atoms with Crippen molar-refractivity contribution in [1.82, 2.24) is 4.98 Å². The Morgan fingerprint density at radius 1 is 1.14 bits per heavy atom. The molecule has 3 aromatic rings. The third kappa shape index (κ3) is 3.00. The monoisotopic (exact) mass is 342 g/mol. The zero-order chi connectivity index (χ0) is 14.8. The Morgan fingerprint density at radius 2 is 1.95 bits per heavy atom. The average molecular weight is 343 g/mol. The highest BCUT2D eigenvalue weighted by molar-refractivity contribution is 9.10. The van der Waals surface area contributed by atoms with Crippen LogP contribution in [0.4, 0.5) is 5.69 Å². The predicted octanol–water partition coefficient (Wildman–Crippen LogP) is 4.47. The number of hydrogen-bond donors (Lipinski definition) is 1. The van der Waals surface area contributed by atoms with E-state index in [1.807, 2.05) is 43.3 Å². The first-order valence-corrected chi connectivity index (χ1v) is 7.46. The van der Waals surface area contributed by atoms with Gasteiger partial charge in [-0.05, 0) is 47.1 Å². The van der Waals surface area contributed by atoms with E-state index in [4.69, 9.17) is 10.5 Å². The first-order chi connectivity index (χ1) is 10.1. The molecule has 0 saturated carbocycles. The van der Waals surface area contributed by atoms with Gasteiger partial charge in [-0.25, -0.2) is 0 Å². The summed E-state index contributed by atoms with van der Waals surface area (Å²) in [6.07, 6.45) is 0. The second kappa shape index (κ2) is 5.74. The van der Waals surface area contributed by atoms with Gasteiger partial charge in [0, 0.05) is 28.4 Å². The molecule has 0 spiro atoms. The molecule has 4 heteroatoms. The van der Waals surface area contributed by atoms with Gasteiger partial charge in [-0.1, -0.05) is 18.2 Å². The number of nitrogens with zero attached hydrogens (tertiary/aromatic N) is 1. The Hall–Kier alpha value is -2.07. The highest BCUT2D eigenvalue weighted by Gasteiger charge is 2.06. The number of ether oxygens (including phenoxy) is 1. The molecule has 0 aliphatic rings. The fourth-order valence-electron chi connectivity index (χ4n) is 2.30. The van der Waals surface area contributed by atoms with Gasteiger partial charge < -0.3 is 10.5 Å². The minimum absolute atomic E-state index is 0.478. The number of fused-ring (bicyclic) bond motifs is 1. The van der Waals surface area contributed by atoms with Crippen LogP contribution in [0.1, 0.15) is 11.3 Å². The van der Waals surface area contributed by atoms with Crippen LogP contribution in [0, 0.1) is 6.92 Å². The molecular formula is C17H15BrN2O. The molecule has 0 atom stereocenters. The van der Waals surface area contributed by atoms with Gasteiger partial charge in [-0.3, -0.25) is 4.98 Å². The minimum atomic E-state index is 0.478. The summed E-state index contributed by atoms with van der Waals surface area (Å²) in [7, 11) is 0. The van der Waals surface area contributed by atoms with Crippen LogP contribution in [0.25, 0.3) is 10.9 Å². The molecular weight excluding hydrogens is 328 g/mol. The van der Waals surface area contributed by atoms with Crippen LogP contribution in [0.5, 0.6) is 5.75 Å². The number of nitrogens with two attached hydrogens (primary N) is 1. The SMILES string of the molecule is Cc1cc(COc2cc(N)ccc2Br)c2ccccc2n1. The molecule has 0 unspecified atom stereocenters. The van der Waals surface area contributed by atoms with Crippen molar-refractivity contribution >= 4 is 32.5 Å². The van der Waals surface area contributed by atoms with Crippen LogP contribution in [0.15, 0.2) is 53.0 Å². The summed E-state index contributed by atoms with van der Waals surface area (Å²) < 4.78 is 6.81. The molecule has 3 nitrogen and oxygen atoms in total. The third-order valence-corrected chi connectivity index (χ3v) is 3.92. The molecule has 3 rings (SSSR count). The van der Waals surface area contributed by atoms with Crippen LogP contribution >= 0.6 is 15.9 Å². The number of aryl methyl sites for hydroxylation is 1. The number of nitrogen functional groups attached to an aromatic ring is 1. The molecule has 0 aliphatic heterocycles. The first kappa shape index (κ1) is 13.9. The van der Waals surface area contributed by atoms with E-state index in [1.54, 1.807) is 0 Å². The quantitative estimate of drug-likeness (QED) is 0.714. The number of halogens is 1. The predicted molar refractivity (Wildman–Crippen MR) is 89.4 cm³/mol. The molecule has 106 valence electrons. The van der Waals surface area contributed by atoms with Gasteiger partial charge in [0.05, 0.1) is 9.99 Å². The highest BCUT2D eigenvalue weighted by Crippen LogP contribution is 2.28. The van der Waals surface area contributed by atoms with Crippen molar-refractivity contribution in [2.75, 3.05) is 5.73 Å². The summed E-state index contributed by atoms with van der Waals surface area (Å²) in [5.41, 5.74) is 9.58. The van der Waals surface area contributed by atoms with Gasteiger partial charge in [0.15, 0.2) is 0 Å². The molecule has 0 radical (unpaired) electrons. The van der Waals surface area contributed by atoms with E-state index in [-0.39, 0.29) is 0 Å².